The average Bonchev–Trinajstić information content (AvgIpc) is 1.64. The van der Waals surface area contributed by atoms with E-state index in [1.165, 1.54) is 5.69 Å². The van der Waals surface area contributed by atoms with Gasteiger partial charge in [-0.25, -0.2) is 19.9 Å². The van der Waals surface area contributed by atoms with E-state index in [0.717, 1.165) is 186 Å². The maximum absolute atomic E-state index is 5.44. The fourth-order valence-corrected chi connectivity index (χ4v) is 15.7. The minimum Gasteiger partial charge on any atom is -0.378 e. The van der Waals surface area contributed by atoms with Crippen LogP contribution in [0.1, 0.15) is 16.8 Å². The minimum atomic E-state index is 0.557. The number of ether oxygens (including phenoxy) is 1. The summed E-state index contributed by atoms with van der Waals surface area (Å²) in [6.07, 6.45) is 17.0. The number of aromatic amines is 4. The molecule has 0 bridgehead atoms. The second-order valence-electron chi connectivity index (χ2n) is 26.0. The molecule has 29 nitrogen and oxygen atoms in total. The first-order valence-electron chi connectivity index (χ1n) is 36.3. The summed E-state index contributed by atoms with van der Waals surface area (Å²) < 4.78 is 9.54. The van der Waals surface area contributed by atoms with Crippen LogP contribution >= 0.6 is 45.3 Å². The summed E-state index contributed by atoms with van der Waals surface area (Å²) in [5, 5.41) is 67.4. The zero-order chi connectivity index (χ0) is 76.2. The van der Waals surface area contributed by atoms with Crippen LogP contribution in [0.5, 0.6) is 0 Å². The fourth-order valence-electron chi connectivity index (χ4n) is 12.6. The van der Waals surface area contributed by atoms with Crippen LogP contribution in [0.4, 0.5) is 81.2 Å². The Morgan fingerprint density at radius 3 is 1.23 bits per heavy atom. The number of pyridine rings is 3. The molecule has 0 unspecified atom stereocenters. The van der Waals surface area contributed by atoms with Gasteiger partial charge in [0.15, 0.2) is 23.3 Å². The molecule has 5 aromatic carbocycles. The molecule has 20 aromatic rings. The van der Waals surface area contributed by atoms with Crippen LogP contribution in [0, 0.1) is 0 Å². The lowest BCUT2D eigenvalue weighted by molar-refractivity contribution is 0.122. The molecular formula is C81H68N28OS4. The summed E-state index contributed by atoms with van der Waals surface area (Å²) in [6.45, 7) is 5.36. The molecule has 1 fully saturated rings. The molecule has 33 heteroatoms. The number of nitrogens with one attached hydrogen (secondary N) is 12. The monoisotopic (exact) mass is 1580 g/mol. The van der Waals surface area contributed by atoms with Gasteiger partial charge in [-0.2, -0.15) is 40.3 Å². The molecule has 114 heavy (non-hydrogen) atoms. The molecule has 1 aliphatic rings. The van der Waals surface area contributed by atoms with Crippen LogP contribution < -0.4 is 47.4 Å². The number of nitrogens with zero attached hydrogens (tertiary/aromatic N) is 16. The Bertz CT molecular complexity index is 6430. The molecule has 16 heterocycles. The number of fused-ring (bicyclic) bond motifs is 8. The Morgan fingerprint density at radius 2 is 0.789 bits per heavy atom. The highest BCUT2D eigenvalue weighted by Crippen LogP contribution is 2.36. The summed E-state index contributed by atoms with van der Waals surface area (Å²) >= 11 is 6.48. The minimum absolute atomic E-state index is 0.557. The summed E-state index contributed by atoms with van der Waals surface area (Å²) in [6, 6.07) is 54.4. The van der Waals surface area contributed by atoms with Gasteiger partial charge in [-0.3, -0.25) is 35.3 Å². The number of H-pyrrole nitrogens is 4. The highest BCUT2D eigenvalue weighted by atomic mass is 32.1. The highest BCUT2D eigenvalue weighted by Gasteiger charge is 2.18. The molecule has 0 saturated carbocycles. The highest BCUT2D eigenvalue weighted by molar-refractivity contribution is 7.18. The van der Waals surface area contributed by atoms with E-state index >= 15 is 0 Å². The van der Waals surface area contributed by atoms with Crippen molar-refractivity contribution < 1.29 is 4.74 Å². The predicted octanol–water partition coefficient (Wildman–Crippen LogP) is 17.9. The van der Waals surface area contributed by atoms with Gasteiger partial charge in [-0.05, 0) is 184 Å². The molecule has 1 aliphatic heterocycles. The maximum atomic E-state index is 5.44. The van der Waals surface area contributed by atoms with Crippen LogP contribution in [0.15, 0.2) is 241 Å². The normalized spacial score (nSPS) is 12.0. The summed E-state index contributed by atoms with van der Waals surface area (Å²) in [7, 11) is 0. The number of rotatable bonds is 21. The Balaban J connectivity index is 0.000000106. The van der Waals surface area contributed by atoms with Crippen molar-refractivity contribution in [2.45, 2.75) is 19.5 Å². The van der Waals surface area contributed by atoms with Gasteiger partial charge < -0.3 is 52.2 Å². The zero-order valence-corrected chi connectivity index (χ0v) is 63.7. The number of benzene rings is 5. The number of anilines is 14. The van der Waals surface area contributed by atoms with E-state index in [0.29, 0.717) is 43.4 Å². The van der Waals surface area contributed by atoms with Crippen molar-refractivity contribution in [3.8, 4) is 0 Å². The van der Waals surface area contributed by atoms with Gasteiger partial charge in [0.25, 0.3) is 0 Å². The largest absolute Gasteiger partial charge is 0.378 e. The molecule has 1 saturated heterocycles. The second kappa shape index (κ2) is 33.5. The van der Waals surface area contributed by atoms with Crippen molar-refractivity contribution in [2.75, 3.05) is 80.3 Å². The van der Waals surface area contributed by atoms with Gasteiger partial charge >= 0.3 is 0 Å². The predicted molar refractivity (Wildman–Crippen MR) is 459 cm³/mol. The summed E-state index contributed by atoms with van der Waals surface area (Å²) in [4.78, 5) is 52.2. The van der Waals surface area contributed by atoms with Crippen molar-refractivity contribution in [3.63, 3.8) is 0 Å². The SMILES string of the molecule is c1cc(CNc2nc(Nc3ccc4[nH]ncc4c3)c3sccc3n2)ccn1.c1cc2nc(Nc3ccc(N4CCOCC4)cc3)nc(Nc3ccc4[nH]ncc4c3)c2s1.c1ccc(CCNc2nc(Nc3ccc4[nH]ncc4c3)c3sccc3n2)nc1.c1cncc(CNc2nc(Nc3ccc4[nH]ncc4c3)c3sccc3n2)c1. The van der Waals surface area contributed by atoms with Gasteiger partial charge in [0.05, 0.1) is 101 Å². The third kappa shape index (κ3) is 17.0. The lowest BCUT2D eigenvalue weighted by Crippen LogP contribution is -2.36. The topological polar surface area (TPSA) is 365 Å². The number of aromatic nitrogens is 19. The van der Waals surface area contributed by atoms with Crippen LogP contribution in [-0.2, 0) is 24.2 Å². The quantitative estimate of drug-likeness (QED) is 0.0318. The maximum Gasteiger partial charge on any atom is 0.229 e. The van der Waals surface area contributed by atoms with Crippen molar-refractivity contribution in [1.82, 2.24) is 95.6 Å². The molecule has 12 N–H and O–H groups in total. The molecule has 0 radical (unpaired) electrons. The third-order valence-corrected chi connectivity index (χ3v) is 21.9. The van der Waals surface area contributed by atoms with Gasteiger partial charge in [0.1, 0.15) is 0 Å². The van der Waals surface area contributed by atoms with Gasteiger partial charge in [0.2, 0.25) is 23.8 Å². The number of thiophene rings is 4. The fraction of sp³-hybridized carbons (Fsp3) is 0.0988. The van der Waals surface area contributed by atoms with E-state index in [2.05, 4.69) is 164 Å². The standard InChI is InChI=1S/C23H21N7OS.C20H17N7S.2C19H15N7S/c1-4-18(30-8-10-31-11-9-30)5-2-16(1)26-23-27-20-7-12-32-21(20)22(28-23)25-17-3-6-19-15(13-17)14-24-29-19;1-2-8-21-14(3-1)6-9-22-20-25-17-7-10-28-18(17)19(26-20)24-15-4-5-16-13(11-15)12-23-27-16;1-2-15-13(11-22-26-15)9-14(1)23-18-17-16(5-8-27-17)24-19(25-18)21-10-12-3-6-20-7-4-12;1-2-12(9-20-6-1)10-21-19-24-16-5-7-27-17(16)18(25-19)23-14-3-4-15-13(8-14)11-22-26-15/h1-7,12-14H,8-11H2,(H,24,29)(H2,25,26,27,28);1-5,7-8,10-12H,6,9H2,(H,23,27)(H2,22,24,25,26);2*1-9,11H,10H2,(H,22,26)(H2,21,23,24,25). The Kier molecular flexibility index (Phi) is 21.0. The van der Waals surface area contributed by atoms with E-state index in [9.17, 15) is 0 Å². The van der Waals surface area contributed by atoms with Crippen LogP contribution in [0.2, 0.25) is 0 Å². The third-order valence-electron chi connectivity index (χ3n) is 18.3. The van der Waals surface area contributed by atoms with Crippen LogP contribution in [0.3, 0.4) is 0 Å². The molecule has 0 amide bonds. The van der Waals surface area contributed by atoms with E-state index in [-0.39, 0.29) is 0 Å². The molecule has 0 aliphatic carbocycles. The first kappa shape index (κ1) is 71.4. The average molecular weight is 1580 g/mol. The van der Waals surface area contributed by atoms with Gasteiger partial charge in [0, 0.05) is 131 Å². The van der Waals surface area contributed by atoms with Crippen molar-refractivity contribution in [3.05, 3.63) is 258 Å². The molecule has 15 aromatic heterocycles. The number of hydrogen-bond acceptors (Lipinski definition) is 29. The number of morpholine rings is 1. The smallest absolute Gasteiger partial charge is 0.229 e. The first-order chi connectivity index (χ1) is 56.4. The lowest BCUT2D eigenvalue weighted by atomic mass is 10.2. The van der Waals surface area contributed by atoms with Crippen molar-refractivity contribution in [2.24, 2.45) is 0 Å². The van der Waals surface area contributed by atoms with E-state index in [1.807, 2.05) is 186 Å². The molecule has 0 atom stereocenters. The summed E-state index contributed by atoms with van der Waals surface area (Å²) in [5.41, 5.74) is 16.9. The first-order valence-corrected chi connectivity index (χ1v) is 39.8. The Morgan fingerprint density at radius 1 is 0.360 bits per heavy atom. The Labute approximate surface area is 664 Å². The van der Waals surface area contributed by atoms with E-state index in [1.54, 1.807) is 63.9 Å². The second-order valence-corrected chi connectivity index (χ2v) is 29.7. The molecule has 562 valence electrons. The zero-order valence-electron chi connectivity index (χ0n) is 60.4. The van der Waals surface area contributed by atoms with Crippen molar-refractivity contribution >= 4 is 211 Å². The van der Waals surface area contributed by atoms with Crippen molar-refractivity contribution in [1.29, 1.82) is 0 Å². The summed E-state index contributed by atoms with van der Waals surface area (Å²) in [5.74, 6) is 5.47. The Hall–Kier alpha value is -14.3. The van der Waals surface area contributed by atoms with Crippen LogP contribution in [-0.4, -0.2) is 128 Å². The van der Waals surface area contributed by atoms with E-state index < -0.39 is 0 Å². The lowest BCUT2D eigenvalue weighted by Gasteiger charge is -2.28. The van der Waals surface area contributed by atoms with Gasteiger partial charge in [-0.15, -0.1) is 45.3 Å². The van der Waals surface area contributed by atoms with E-state index in [4.69, 9.17) is 19.7 Å². The van der Waals surface area contributed by atoms with Gasteiger partial charge in [-0.1, -0.05) is 12.1 Å². The van der Waals surface area contributed by atoms with Crippen LogP contribution in [0.25, 0.3) is 84.5 Å². The number of hydrogen-bond donors (Lipinski definition) is 12. The molecule has 0 spiro atoms. The molecule has 21 rings (SSSR count). The molecular weight excluding hydrogens is 1510 g/mol.